The molecular weight excluding hydrogens is 348 g/mol. The number of nitrogens with zero attached hydrogens (tertiary/aromatic N) is 1. The summed E-state index contributed by atoms with van der Waals surface area (Å²) >= 11 is 1.51. The molecule has 138 valence electrons. The lowest BCUT2D eigenvalue weighted by Gasteiger charge is -2.07. The molecule has 0 aliphatic heterocycles. The van der Waals surface area contributed by atoms with Crippen LogP contribution in [0, 0.1) is 0 Å². The average Bonchev–Trinajstić information content (AvgIpc) is 3.17. The summed E-state index contributed by atoms with van der Waals surface area (Å²) in [5.74, 6) is -0.470. The van der Waals surface area contributed by atoms with Crippen molar-refractivity contribution < 1.29 is 18.9 Å². The van der Waals surface area contributed by atoms with Crippen LogP contribution in [0.4, 0.5) is 5.00 Å². The minimum Gasteiger partial charge on any atom is -0.462 e. The number of esters is 1. The van der Waals surface area contributed by atoms with Gasteiger partial charge in [0.25, 0.3) is 5.91 Å². The van der Waals surface area contributed by atoms with Crippen LogP contribution in [-0.4, -0.2) is 18.5 Å². The number of rotatable bonds is 7. The SMILES string of the molecule is CCCc1cc[n+](CC(=O)Nc2sc3c(c2C(=O)OCC)CCC3)cc1. The molecule has 1 N–H and O–H groups in total. The minimum absolute atomic E-state index is 0.135. The molecule has 0 aromatic carbocycles. The van der Waals surface area contributed by atoms with E-state index in [0.717, 1.165) is 37.7 Å². The molecule has 2 heterocycles. The summed E-state index contributed by atoms with van der Waals surface area (Å²) in [6.45, 7) is 4.49. The fraction of sp³-hybridized carbons (Fsp3) is 0.450. The van der Waals surface area contributed by atoms with Crippen molar-refractivity contribution in [1.82, 2.24) is 0 Å². The quantitative estimate of drug-likeness (QED) is 0.598. The highest BCUT2D eigenvalue weighted by Gasteiger charge is 2.28. The van der Waals surface area contributed by atoms with Crippen molar-refractivity contribution in [2.24, 2.45) is 0 Å². The normalized spacial score (nSPS) is 12.7. The predicted octanol–water partition coefficient (Wildman–Crippen LogP) is 3.29. The molecule has 5 nitrogen and oxygen atoms in total. The van der Waals surface area contributed by atoms with Gasteiger partial charge in [0.1, 0.15) is 5.00 Å². The predicted molar refractivity (Wildman–Crippen MR) is 102 cm³/mol. The van der Waals surface area contributed by atoms with Gasteiger partial charge in [0.05, 0.1) is 12.2 Å². The monoisotopic (exact) mass is 373 g/mol. The van der Waals surface area contributed by atoms with Crippen molar-refractivity contribution in [3.8, 4) is 0 Å². The molecule has 1 aliphatic rings. The van der Waals surface area contributed by atoms with E-state index in [2.05, 4.69) is 12.2 Å². The first-order valence-corrected chi connectivity index (χ1v) is 10.0. The Balaban J connectivity index is 1.72. The van der Waals surface area contributed by atoms with Crippen LogP contribution in [0.25, 0.3) is 0 Å². The van der Waals surface area contributed by atoms with Gasteiger partial charge in [0.15, 0.2) is 12.4 Å². The fourth-order valence-electron chi connectivity index (χ4n) is 3.29. The summed E-state index contributed by atoms with van der Waals surface area (Å²) in [6, 6.07) is 4.08. The Morgan fingerprint density at radius 2 is 2.00 bits per heavy atom. The maximum Gasteiger partial charge on any atom is 0.341 e. The van der Waals surface area contributed by atoms with Gasteiger partial charge in [-0.05, 0) is 43.7 Å². The molecule has 2 aromatic rings. The van der Waals surface area contributed by atoms with Gasteiger partial charge in [-0.3, -0.25) is 4.79 Å². The van der Waals surface area contributed by atoms with E-state index in [-0.39, 0.29) is 18.4 Å². The van der Waals surface area contributed by atoms with Crippen molar-refractivity contribution >= 4 is 28.2 Å². The molecule has 0 unspecified atom stereocenters. The molecule has 1 amide bonds. The van der Waals surface area contributed by atoms with Crippen LogP contribution in [0.15, 0.2) is 24.5 Å². The molecule has 0 saturated carbocycles. The second-order valence-corrected chi connectivity index (χ2v) is 7.56. The average molecular weight is 373 g/mol. The van der Waals surface area contributed by atoms with Crippen LogP contribution < -0.4 is 9.88 Å². The van der Waals surface area contributed by atoms with Gasteiger partial charge < -0.3 is 10.1 Å². The fourth-order valence-corrected chi connectivity index (χ4v) is 4.59. The lowest BCUT2D eigenvalue weighted by atomic mass is 10.1. The summed E-state index contributed by atoms with van der Waals surface area (Å²) in [5.41, 5.74) is 2.88. The maximum atomic E-state index is 12.5. The van der Waals surface area contributed by atoms with Crippen LogP contribution >= 0.6 is 11.3 Å². The lowest BCUT2D eigenvalue weighted by molar-refractivity contribution is -0.684. The van der Waals surface area contributed by atoms with Crippen molar-refractivity contribution in [3.05, 3.63) is 46.1 Å². The first-order valence-electron chi connectivity index (χ1n) is 9.21. The van der Waals surface area contributed by atoms with Crippen molar-refractivity contribution in [1.29, 1.82) is 0 Å². The standard InChI is InChI=1S/C20H24N2O3S/c1-3-6-14-9-11-22(12-10-14)13-17(23)21-19-18(20(24)25-4-2)15-7-5-8-16(15)26-19/h9-12H,3-8,13H2,1-2H3/p+1. The number of anilines is 1. The smallest absolute Gasteiger partial charge is 0.341 e. The number of carbonyl (C=O) groups excluding carboxylic acids is 2. The highest BCUT2D eigenvalue weighted by atomic mass is 32.1. The Bertz CT molecular complexity index is 796. The van der Waals surface area contributed by atoms with E-state index in [4.69, 9.17) is 4.74 Å². The van der Waals surface area contributed by atoms with Gasteiger partial charge in [-0.25, -0.2) is 4.79 Å². The second kappa shape index (κ2) is 8.45. The third-order valence-electron chi connectivity index (χ3n) is 4.48. The zero-order chi connectivity index (χ0) is 18.5. The first-order chi connectivity index (χ1) is 12.6. The Morgan fingerprint density at radius 1 is 1.23 bits per heavy atom. The number of hydrogen-bond donors (Lipinski definition) is 1. The summed E-state index contributed by atoms with van der Waals surface area (Å²) in [5, 5.41) is 3.55. The van der Waals surface area contributed by atoms with Gasteiger partial charge in [0.2, 0.25) is 6.54 Å². The number of nitrogens with one attached hydrogen (secondary N) is 1. The molecule has 26 heavy (non-hydrogen) atoms. The molecule has 2 aromatic heterocycles. The van der Waals surface area contributed by atoms with E-state index in [0.29, 0.717) is 17.2 Å². The van der Waals surface area contributed by atoms with Crippen molar-refractivity contribution in [3.63, 3.8) is 0 Å². The molecule has 0 radical (unpaired) electrons. The number of aryl methyl sites for hydroxylation is 2. The number of carbonyl (C=O) groups is 2. The number of fused-ring (bicyclic) bond motifs is 1. The molecular formula is C20H25N2O3S+. The van der Waals surface area contributed by atoms with Gasteiger partial charge in [-0.1, -0.05) is 13.3 Å². The second-order valence-electron chi connectivity index (χ2n) is 6.46. The lowest BCUT2D eigenvalue weighted by Crippen LogP contribution is -2.39. The van der Waals surface area contributed by atoms with Crippen LogP contribution in [0.2, 0.25) is 0 Å². The van der Waals surface area contributed by atoms with E-state index in [1.807, 2.05) is 29.1 Å². The Kier molecular flexibility index (Phi) is 6.04. The Hall–Kier alpha value is -2.21. The van der Waals surface area contributed by atoms with Crippen LogP contribution in [0.5, 0.6) is 0 Å². The molecule has 0 spiro atoms. The van der Waals surface area contributed by atoms with E-state index < -0.39 is 0 Å². The number of amides is 1. The Labute approximate surface area is 158 Å². The molecule has 0 fully saturated rings. The zero-order valence-electron chi connectivity index (χ0n) is 15.3. The van der Waals surface area contributed by atoms with Crippen LogP contribution in [0.1, 0.15) is 53.1 Å². The van der Waals surface area contributed by atoms with E-state index in [1.165, 1.54) is 21.8 Å². The minimum atomic E-state index is -0.334. The number of pyridine rings is 1. The molecule has 0 saturated heterocycles. The number of ether oxygens (including phenoxy) is 1. The Morgan fingerprint density at radius 3 is 2.69 bits per heavy atom. The summed E-state index contributed by atoms with van der Waals surface area (Å²) < 4.78 is 7.05. The number of hydrogen-bond acceptors (Lipinski definition) is 4. The van der Waals surface area contributed by atoms with E-state index in [9.17, 15) is 9.59 Å². The van der Waals surface area contributed by atoms with Gasteiger partial charge in [-0.2, -0.15) is 4.57 Å². The zero-order valence-corrected chi connectivity index (χ0v) is 16.2. The molecule has 0 atom stereocenters. The van der Waals surface area contributed by atoms with Gasteiger partial charge in [0, 0.05) is 17.0 Å². The third kappa shape index (κ3) is 4.12. The summed E-state index contributed by atoms with van der Waals surface area (Å²) in [7, 11) is 0. The van der Waals surface area contributed by atoms with E-state index in [1.54, 1.807) is 6.92 Å². The summed E-state index contributed by atoms with van der Waals surface area (Å²) in [6.07, 6.45) is 8.89. The summed E-state index contributed by atoms with van der Waals surface area (Å²) in [4.78, 5) is 26.0. The topological polar surface area (TPSA) is 59.3 Å². The van der Waals surface area contributed by atoms with Gasteiger partial charge >= 0.3 is 5.97 Å². The maximum absolute atomic E-state index is 12.5. The molecule has 0 bridgehead atoms. The van der Waals surface area contributed by atoms with Crippen molar-refractivity contribution in [2.45, 2.75) is 52.5 Å². The highest BCUT2D eigenvalue weighted by Crippen LogP contribution is 2.39. The molecule has 1 aliphatic carbocycles. The van der Waals surface area contributed by atoms with Crippen LogP contribution in [0.3, 0.4) is 0 Å². The largest absolute Gasteiger partial charge is 0.462 e. The van der Waals surface area contributed by atoms with Crippen molar-refractivity contribution in [2.75, 3.05) is 11.9 Å². The van der Waals surface area contributed by atoms with Gasteiger partial charge in [-0.15, -0.1) is 11.3 Å². The highest BCUT2D eigenvalue weighted by molar-refractivity contribution is 7.17. The molecule has 3 rings (SSSR count). The van der Waals surface area contributed by atoms with E-state index >= 15 is 0 Å². The third-order valence-corrected chi connectivity index (χ3v) is 5.69. The first kappa shape index (κ1) is 18.6. The number of aromatic nitrogens is 1. The number of thiophene rings is 1. The van der Waals surface area contributed by atoms with Crippen LogP contribution in [-0.2, 0) is 35.3 Å². The molecule has 6 heteroatoms.